The quantitative estimate of drug-likeness (QED) is 0.825. The second kappa shape index (κ2) is 8.16. The van der Waals surface area contributed by atoms with E-state index in [1.54, 1.807) is 24.3 Å². The Morgan fingerprint density at radius 3 is 2.32 bits per heavy atom. The maximum Gasteiger partial charge on any atom is 0.319 e. The molecule has 6 heteroatoms. The number of benzene rings is 2. The molecule has 0 heterocycles. The number of hydrogen-bond donors (Lipinski definition) is 2. The molecule has 2 N–H and O–H groups in total. The molecule has 2 aromatic rings. The molecule has 2 rings (SSSR count). The Hall–Kier alpha value is -2.34. The standard InChI is InChI=1S/C19H24N2O3S/c1-4-15-9-11-16(12-10-15)14(2)20-19(22)21-18-8-6-5-7-17(18)13-25(3,23)24/h5-12,14H,4,13H2,1-3H3,(H2,20,21,22). The number of para-hydroxylation sites is 1. The van der Waals surface area contributed by atoms with E-state index in [0.29, 0.717) is 11.3 Å². The number of carbonyl (C=O) groups is 1. The summed E-state index contributed by atoms with van der Waals surface area (Å²) >= 11 is 0. The molecule has 0 bridgehead atoms. The van der Waals surface area contributed by atoms with Crippen LogP contribution >= 0.6 is 0 Å². The van der Waals surface area contributed by atoms with E-state index < -0.39 is 9.84 Å². The van der Waals surface area contributed by atoms with Crippen molar-refractivity contribution in [2.24, 2.45) is 0 Å². The first-order valence-electron chi connectivity index (χ1n) is 8.20. The van der Waals surface area contributed by atoms with Gasteiger partial charge < -0.3 is 10.6 Å². The van der Waals surface area contributed by atoms with Gasteiger partial charge in [0, 0.05) is 11.9 Å². The second-order valence-corrected chi connectivity index (χ2v) is 8.28. The molecule has 0 aliphatic rings. The van der Waals surface area contributed by atoms with E-state index in [1.165, 1.54) is 11.8 Å². The molecule has 0 saturated carbocycles. The summed E-state index contributed by atoms with van der Waals surface area (Å²) in [6.45, 7) is 4.00. The van der Waals surface area contributed by atoms with Crippen LogP contribution in [0.1, 0.15) is 36.6 Å². The predicted octanol–water partition coefficient (Wildman–Crippen LogP) is 3.68. The third-order valence-electron chi connectivity index (χ3n) is 3.92. The monoisotopic (exact) mass is 360 g/mol. The average molecular weight is 360 g/mol. The van der Waals surface area contributed by atoms with Gasteiger partial charge in [-0.25, -0.2) is 13.2 Å². The van der Waals surface area contributed by atoms with Crippen LogP contribution in [0.15, 0.2) is 48.5 Å². The molecule has 0 radical (unpaired) electrons. The Morgan fingerprint density at radius 1 is 1.08 bits per heavy atom. The number of aryl methyl sites for hydroxylation is 1. The molecule has 2 amide bonds. The molecule has 0 aromatic heterocycles. The highest BCUT2D eigenvalue weighted by atomic mass is 32.2. The Bertz CT molecular complexity index is 830. The SMILES string of the molecule is CCc1ccc(C(C)NC(=O)Nc2ccccc2CS(C)(=O)=O)cc1. The smallest absolute Gasteiger partial charge is 0.319 e. The van der Waals surface area contributed by atoms with Crippen molar-refractivity contribution in [1.29, 1.82) is 0 Å². The van der Waals surface area contributed by atoms with Crippen LogP contribution in [0, 0.1) is 0 Å². The Kier molecular flexibility index (Phi) is 6.20. The molecular weight excluding hydrogens is 336 g/mol. The van der Waals surface area contributed by atoms with Gasteiger partial charge in [-0.15, -0.1) is 0 Å². The summed E-state index contributed by atoms with van der Waals surface area (Å²) in [5.74, 6) is -0.114. The minimum Gasteiger partial charge on any atom is -0.331 e. The summed E-state index contributed by atoms with van der Waals surface area (Å²) in [6.07, 6.45) is 2.14. The minimum absolute atomic E-state index is 0.114. The number of anilines is 1. The van der Waals surface area contributed by atoms with Crippen LogP contribution in [0.2, 0.25) is 0 Å². The van der Waals surface area contributed by atoms with E-state index >= 15 is 0 Å². The zero-order chi connectivity index (χ0) is 18.4. The summed E-state index contributed by atoms with van der Waals surface area (Å²) in [5, 5.41) is 5.61. The molecule has 134 valence electrons. The zero-order valence-corrected chi connectivity index (χ0v) is 15.6. The summed E-state index contributed by atoms with van der Waals surface area (Å²) in [4.78, 5) is 12.3. The van der Waals surface area contributed by atoms with Gasteiger partial charge in [-0.1, -0.05) is 49.4 Å². The lowest BCUT2D eigenvalue weighted by molar-refractivity contribution is 0.249. The fourth-order valence-corrected chi connectivity index (χ4v) is 3.35. The van der Waals surface area contributed by atoms with E-state index in [0.717, 1.165) is 12.0 Å². The lowest BCUT2D eigenvalue weighted by Gasteiger charge is -2.17. The third-order valence-corrected chi connectivity index (χ3v) is 4.75. The highest BCUT2D eigenvalue weighted by molar-refractivity contribution is 7.89. The van der Waals surface area contributed by atoms with E-state index in [9.17, 15) is 13.2 Å². The van der Waals surface area contributed by atoms with E-state index in [4.69, 9.17) is 0 Å². The number of hydrogen-bond acceptors (Lipinski definition) is 3. The van der Waals surface area contributed by atoms with Crippen LogP contribution in [0.25, 0.3) is 0 Å². The number of nitrogens with one attached hydrogen (secondary N) is 2. The molecule has 1 atom stereocenters. The number of urea groups is 1. The molecule has 0 spiro atoms. The van der Waals surface area contributed by atoms with Gasteiger partial charge in [-0.2, -0.15) is 0 Å². The second-order valence-electron chi connectivity index (χ2n) is 6.14. The molecule has 5 nitrogen and oxygen atoms in total. The van der Waals surface area contributed by atoms with Gasteiger partial charge in [-0.3, -0.25) is 0 Å². The molecular formula is C19H24N2O3S. The Labute approximate surface area is 149 Å². The zero-order valence-electron chi connectivity index (χ0n) is 14.7. The number of carbonyl (C=O) groups excluding carboxylic acids is 1. The van der Waals surface area contributed by atoms with Gasteiger partial charge in [0.05, 0.1) is 11.8 Å². The topological polar surface area (TPSA) is 75.3 Å². The number of sulfone groups is 1. The van der Waals surface area contributed by atoms with Gasteiger partial charge in [0.25, 0.3) is 0 Å². The van der Waals surface area contributed by atoms with Crippen LogP contribution in [-0.2, 0) is 22.0 Å². The van der Waals surface area contributed by atoms with Crippen molar-refractivity contribution < 1.29 is 13.2 Å². The Morgan fingerprint density at radius 2 is 1.72 bits per heavy atom. The van der Waals surface area contributed by atoms with Gasteiger partial charge in [-0.05, 0) is 36.1 Å². The third kappa shape index (κ3) is 5.90. The minimum atomic E-state index is -3.18. The summed E-state index contributed by atoms with van der Waals surface area (Å²) in [7, 11) is -3.18. The van der Waals surface area contributed by atoms with Gasteiger partial charge in [0.1, 0.15) is 0 Å². The molecule has 25 heavy (non-hydrogen) atoms. The van der Waals surface area contributed by atoms with E-state index in [1.807, 2.05) is 31.2 Å². The molecule has 1 unspecified atom stereocenters. The van der Waals surface area contributed by atoms with Crippen LogP contribution in [-0.4, -0.2) is 20.7 Å². The van der Waals surface area contributed by atoms with Crippen LogP contribution in [0.4, 0.5) is 10.5 Å². The van der Waals surface area contributed by atoms with Crippen molar-refractivity contribution in [3.05, 3.63) is 65.2 Å². The highest BCUT2D eigenvalue weighted by Gasteiger charge is 2.13. The van der Waals surface area contributed by atoms with Crippen LogP contribution < -0.4 is 10.6 Å². The maximum absolute atomic E-state index is 12.3. The molecule has 0 fully saturated rings. The summed E-state index contributed by atoms with van der Waals surface area (Å²) in [6, 6.07) is 14.5. The first-order chi connectivity index (χ1) is 11.8. The van der Waals surface area contributed by atoms with Crippen molar-refractivity contribution in [2.45, 2.75) is 32.1 Å². The molecule has 0 saturated heterocycles. The lowest BCUT2D eigenvalue weighted by Crippen LogP contribution is -2.31. The van der Waals surface area contributed by atoms with Gasteiger partial charge in [0.2, 0.25) is 0 Å². The maximum atomic E-state index is 12.3. The fraction of sp³-hybridized carbons (Fsp3) is 0.316. The van der Waals surface area contributed by atoms with Gasteiger partial charge in [0.15, 0.2) is 9.84 Å². The first kappa shape index (κ1) is 19.0. The lowest BCUT2D eigenvalue weighted by atomic mass is 10.1. The van der Waals surface area contributed by atoms with E-state index in [-0.39, 0.29) is 17.8 Å². The highest BCUT2D eigenvalue weighted by Crippen LogP contribution is 2.18. The van der Waals surface area contributed by atoms with Crippen molar-refractivity contribution in [3.8, 4) is 0 Å². The average Bonchev–Trinajstić information content (AvgIpc) is 2.55. The van der Waals surface area contributed by atoms with Crippen LogP contribution in [0.3, 0.4) is 0 Å². The Balaban J connectivity index is 2.04. The van der Waals surface area contributed by atoms with Crippen molar-refractivity contribution >= 4 is 21.6 Å². The molecule has 0 aliphatic heterocycles. The first-order valence-corrected chi connectivity index (χ1v) is 10.3. The normalized spacial score (nSPS) is 12.4. The number of amides is 2. The summed E-state index contributed by atoms with van der Waals surface area (Å²) < 4.78 is 23.1. The summed E-state index contributed by atoms with van der Waals surface area (Å²) in [5.41, 5.74) is 3.32. The van der Waals surface area contributed by atoms with E-state index in [2.05, 4.69) is 17.6 Å². The predicted molar refractivity (Wildman–Crippen MR) is 101 cm³/mol. The van der Waals surface area contributed by atoms with Crippen LogP contribution in [0.5, 0.6) is 0 Å². The number of rotatable bonds is 6. The largest absolute Gasteiger partial charge is 0.331 e. The van der Waals surface area contributed by atoms with Crippen molar-refractivity contribution in [1.82, 2.24) is 5.32 Å². The van der Waals surface area contributed by atoms with Crippen molar-refractivity contribution in [2.75, 3.05) is 11.6 Å². The molecule has 2 aromatic carbocycles. The van der Waals surface area contributed by atoms with Crippen molar-refractivity contribution in [3.63, 3.8) is 0 Å². The fourth-order valence-electron chi connectivity index (χ4n) is 2.53. The van der Waals surface area contributed by atoms with Gasteiger partial charge >= 0.3 is 6.03 Å². The molecule has 0 aliphatic carbocycles.